The Bertz CT molecular complexity index is 590. The highest BCUT2D eigenvalue weighted by atomic mass is 35.5. The van der Waals surface area contributed by atoms with Crippen molar-refractivity contribution in [1.82, 2.24) is 9.55 Å². The van der Waals surface area contributed by atoms with Crippen LogP contribution in [-0.4, -0.2) is 28.7 Å². The van der Waals surface area contributed by atoms with E-state index in [0.717, 1.165) is 4.57 Å². The van der Waals surface area contributed by atoms with Crippen molar-refractivity contribution in [1.29, 1.82) is 0 Å². The fourth-order valence-electron chi connectivity index (χ4n) is 1.58. The van der Waals surface area contributed by atoms with E-state index in [2.05, 4.69) is 9.72 Å². The maximum atomic E-state index is 11.7. The van der Waals surface area contributed by atoms with Crippen LogP contribution >= 0.6 is 11.6 Å². The molecule has 0 aliphatic heterocycles. The highest BCUT2D eigenvalue weighted by Crippen LogP contribution is 2.18. The number of nitrogens with zero attached hydrogens (tertiary/aromatic N) is 1. The third-order valence-corrected chi connectivity index (χ3v) is 2.91. The van der Waals surface area contributed by atoms with E-state index < -0.39 is 17.2 Å². The Labute approximate surface area is 120 Å². The summed E-state index contributed by atoms with van der Waals surface area (Å²) in [6.45, 7) is 4.97. The van der Waals surface area contributed by atoms with Crippen LogP contribution in [0, 0.1) is 0 Å². The van der Waals surface area contributed by atoms with Crippen LogP contribution in [0.3, 0.4) is 0 Å². The Morgan fingerprint density at radius 1 is 1.35 bits per heavy atom. The summed E-state index contributed by atoms with van der Waals surface area (Å²) < 4.78 is 11.0. The molecule has 0 fully saturated rings. The van der Waals surface area contributed by atoms with E-state index in [0.29, 0.717) is 5.56 Å². The molecule has 0 unspecified atom stereocenters. The second kappa shape index (κ2) is 7.25. The van der Waals surface area contributed by atoms with Gasteiger partial charge < -0.3 is 9.47 Å². The van der Waals surface area contributed by atoms with Crippen LogP contribution < -0.4 is 11.2 Å². The molecule has 1 rings (SSSR count). The van der Waals surface area contributed by atoms with E-state index >= 15 is 0 Å². The number of H-pyrrole nitrogens is 1. The summed E-state index contributed by atoms with van der Waals surface area (Å²) in [7, 11) is 0. The molecule has 1 heterocycles. The minimum atomic E-state index is -0.642. The molecule has 0 spiro atoms. The Morgan fingerprint density at radius 3 is 2.55 bits per heavy atom. The first-order valence-corrected chi connectivity index (χ1v) is 6.46. The van der Waals surface area contributed by atoms with Crippen molar-refractivity contribution in [3.05, 3.63) is 31.6 Å². The van der Waals surface area contributed by atoms with Crippen molar-refractivity contribution in [2.75, 3.05) is 13.2 Å². The summed E-state index contributed by atoms with van der Waals surface area (Å²) in [5, 5.41) is 0.0567. The minimum Gasteiger partial charge on any atom is -0.463 e. The van der Waals surface area contributed by atoms with Crippen molar-refractivity contribution >= 4 is 17.6 Å². The zero-order valence-corrected chi connectivity index (χ0v) is 12.3. The smallest absolute Gasteiger partial charge is 0.331 e. The first-order chi connectivity index (χ1) is 9.34. The van der Waals surface area contributed by atoms with Gasteiger partial charge in [-0.1, -0.05) is 25.4 Å². The van der Waals surface area contributed by atoms with Gasteiger partial charge in [0.15, 0.2) is 0 Å². The molecule has 0 aliphatic rings. The maximum absolute atomic E-state index is 11.7. The molecule has 0 aliphatic carbocycles. The number of nitrogens with one attached hydrogen (secondary N) is 1. The lowest BCUT2D eigenvalue weighted by molar-refractivity contribution is -0.142. The maximum Gasteiger partial charge on any atom is 0.331 e. The molecule has 0 aromatic carbocycles. The van der Waals surface area contributed by atoms with Crippen LogP contribution in [-0.2, 0) is 21.0 Å². The van der Waals surface area contributed by atoms with Crippen molar-refractivity contribution in [3.63, 3.8) is 0 Å². The highest BCUT2D eigenvalue weighted by molar-refractivity contribution is 6.30. The molecule has 0 amide bonds. The molecular formula is C12H17ClN2O5. The summed E-state index contributed by atoms with van der Waals surface area (Å²) >= 11 is 6.06. The van der Waals surface area contributed by atoms with E-state index in [1.165, 1.54) is 6.92 Å². The lowest BCUT2D eigenvalue weighted by Gasteiger charge is -2.13. The van der Waals surface area contributed by atoms with Crippen LogP contribution in [0.25, 0.3) is 0 Å². The van der Waals surface area contributed by atoms with Gasteiger partial charge in [0, 0.05) is 6.92 Å². The summed E-state index contributed by atoms with van der Waals surface area (Å²) in [6.07, 6.45) is 0. The molecule has 0 bridgehead atoms. The third-order valence-electron chi connectivity index (χ3n) is 2.50. The second-order valence-corrected chi connectivity index (χ2v) is 4.78. The predicted molar refractivity (Wildman–Crippen MR) is 73.0 cm³/mol. The zero-order valence-electron chi connectivity index (χ0n) is 11.6. The third kappa shape index (κ3) is 4.21. The topological polar surface area (TPSA) is 90.4 Å². The Kier molecular flexibility index (Phi) is 5.97. The zero-order chi connectivity index (χ0) is 15.3. The molecule has 1 aromatic rings. The van der Waals surface area contributed by atoms with Crippen LogP contribution in [0.4, 0.5) is 0 Å². The van der Waals surface area contributed by atoms with Crippen LogP contribution in [0.15, 0.2) is 9.59 Å². The molecular weight excluding hydrogens is 288 g/mol. The van der Waals surface area contributed by atoms with Gasteiger partial charge in [-0.2, -0.15) is 0 Å². The number of carbonyl (C=O) groups excluding carboxylic acids is 1. The fraction of sp³-hybridized carbons (Fsp3) is 0.583. The number of ether oxygens (including phenoxy) is 2. The summed E-state index contributed by atoms with van der Waals surface area (Å²) in [5.74, 6) is -0.533. The SMILES string of the molecule is CC(=O)OCCOCn1c(Cl)c(C(C)C)c(=O)[nH]c1=O. The number of aromatic amines is 1. The predicted octanol–water partition coefficient (Wildman–Crippen LogP) is 0.851. The van der Waals surface area contributed by atoms with Gasteiger partial charge in [-0.15, -0.1) is 0 Å². The Balaban J connectivity index is 2.80. The van der Waals surface area contributed by atoms with Crippen molar-refractivity contribution in [2.24, 2.45) is 0 Å². The van der Waals surface area contributed by atoms with Gasteiger partial charge in [-0.25, -0.2) is 4.79 Å². The van der Waals surface area contributed by atoms with Gasteiger partial charge in [-0.3, -0.25) is 19.1 Å². The first-order valence-electron chi connectivity index (χ1n) is 6.08. The molecule has 0 radical (unpaired) electrons. The largest absolute Gasteiger partial charge is 0.463 e. The number of halogens is 1. The molecule has 112 valence electrons. The summed E-state index contributed by atoms with van der Waals surface area (Å²) in [5.41, 5.74) is -0.807. The molecule has 7 nitrogen and oxygen atoms in total. The average molecular weight is 305 g/mol. The van der Waals surface area contributed by atoms with Gasteiger partial charge in [0.05, 0.1) is 12.2 Å². The van der Waals surface area contributed by atoms with Crippen molar-refractivity contribution in [3.8, 4) is 0 Å². The quantitative estimate of drug-likeness (QED) is 0.478. The first kappa shape index (κ1) is 16.5. The van der Waals surface area contributed by atoms with Crippen molar-refractivity contribution in [2.45, 2.75) is 33.4 Å². The lowest BCUT2D eigenvalue weighted by Crippen LogP contribution is -2.34. The van der Waals surface area contributed by atoms with Gasteiger partial charge in [0.1, 0.15) is 18.5 Å². The molecule has 8 heteroatoms. The van der Waals surface area contributed by atoms with E-state index in [-0.39, 0.29) is 31.0 Å². The van der Waals surface area contributed by atoms with Gasteiger partial charge in [-0.05, 0) is 5.92 Å². The fourth-order valence-corrected chi connectivity index (χ4v) is 2.01. The van der Waals surface area contributed by atoms with Crippen LogP contribution in [0.5, 0.6) is 0 Å². The van der Waals surface area contributed by atoms with Crippen LogP contribution in [0.1, 0.15) is 32.3 Å². The van der Waals surface area contributed by atoms with E-state index in [9.17, 15) is 14.4 Å². The van der Waals surface area contributed by atoms with Crippen LogP contribution in [0.2, 0.25) is 5.15 Å². The summed E-state index contributed by atoms with van der Waals surface area (Å²) in [6, 6.07) is 0. The lowest BCUT2D eigenvalue weighted by atomic mass is 10.1. The average Bonchev–Trinajstić information content (AvgIpc) is 2.30. The van der Waals surface area contributed by atoms with Crippen molar-refractivity contribution < 1.29 is 14.3 Å². The number of aromatic nitrogens is 2. The van der Waals surface area contributed by atoms with E-state index in [4.69, 9.17) is 16.3 Å². The molecule has 0 saturated carbocycles. The second-order valence-electron chi connectivity index (χ2n) is 4.42. The summed E-state index contributed by atoms with van der Waals surface area (Å²) in [4.78, 5) is 36.1. The number of rotatable bonds is 6. The molecule has 20 heavy (non-hydrogen) atoms. The minimum absolute atomic E-state index is 0.0567. The molecule has 1 aromatic heterocycles. The number of hydrogen-bond acceptors (Lipinski definition) is 5. The number of hydrogen-bond donors (Lipinski definition) is 1. The molecule has 0 saturated heterocycles. The molecule has 1 N–H and O–H groups in total. The van der Waals surface area contributed by atoms with E-state index in [1.807, 2.05) is 0 Å². The standard InChI is InChI=1S/C12H17ClN2O5/c1-7(2)9-10(13)15(12(18)14-11(9)17)6-19-4-5-20-8(3)16/h7H,4-6H2,1-3H3,(H,14,17,18). The highest BCUT2D eigenvalue weighted by Gasteiger charge is 2.15. The van der Waals surface area contributed by atoms with Gasteiger partial charge >= 0.3 is 11.7 Å². The molecule has 0 atom stereocenters. The number of carbonyl (C=O) groups is 1. The monoisotopic (exact) mass is 304 g/mol. The number of esters is 1. The van der Waals surface area contributed by atoms with Gasteiger partial charge in [0.2, 0.25) is 0 Å². The Hall–Kier alpha value is -1.60. The van der Waals surface area contributed by atoms with E-state index in [1.54, 1.807) is 13.8 Å². The van der Waals surface area contributed by atoms with Gasteiger partial charge in [0.25, 0.3) is 5.56 Å². The normalized spacial score (nSPS) is 10.8. The Morgan fingerprint density at radius 2 is 2.00 bits per heavy atom.